The van der Waals surface area contributed by atoms with E-state index in [0.717, 1.165) is 64.3 Å². The zero-order chi connectivity index (χ0) is 33.3. The average molecular weight is 650 g/mol. The standard InChI is InChI=1S/C35H50F7NO2/c1-4-32-19-17-24-22-26(44)13-14-27(24)30(32)25(23-31(2)28(32)15-16-29(31)45)12-8-7-11-21-43(3)20-10-6-5-9-18-33(36,37)34(38,39)35(40,41)42/h4,13-14,22,25,28-30,44-45H,1,5-12,15-21,23H2,2-3H3/t25-,28+,29-,30+,31-,32-/m0/s1. The quantitative estimate of drug-likeness (QED) is 0.113. The number of aromatic hydroxyl groups is 1. The number of aliphatic hydroxyl groups excluding tert-OH is 1. The van der Waals surface area contributed by atoms with Crippen molar-refractivity contribution in [3.05, 3.63) is 42.0 Å². The Labute approximate surface area is 263 Å². The van der Waals surface area contributed by atoms with E-state index in [0.29, 0.717) is 42.9 Å². The first-order valence-electron chi connectivity index (χ1n) is 16.6. The largest absolute Gasteiger partial charge is 0.508 e. The van der Waals surface area contributed by atoms with Crippen LogP contribution in [0.5, 0.6) is 5.75 Å². The smallest absolute Gasteiger partial charge is 0.459 e. The van der Waals surface area contributed by atoms with E-state index in [2.05, 4.69) is 30.5 Å². The molecule has 10 heteroatoms. The predicted molar refractivity (Wildman–Crippen MR) is 162 cm³/mol. The fraction of sp³-hybridized carbons (Fsp3) is 0.771. The van der Waals surface area contributed by atoms with Crippen molar-refractivity contribution in [3.8, 4) is 5.75 Å². The first-order chi connectivity index (χ1) is 21.0. The average Bonchev–Trinajstić information content (AvgIpc) is 3.27. The Kier molecular flexibility index (Phi) is 11.0. The highest BCUT2D eigenvalue weighted by atomic mass is 19.4. The van der Waals surface area contributed by atoms with Crippen molar-refractivity contribution in [2.24, 2.45) is 22.7 Å². The Balaban J connectivity index is 1.23. The molecule has 0 aliphatic heterocycles. The number of nitrogens with zero attached hydrogens (tertiary/aromatic N) is 1. The van der Waals surface area contributed by atoms with Crippen molar-refractivity contribution >= 4 is 0 Å². The summed E-state index contributed by atoms with van der Waals surface area (Å²) in [6.45, 7) is 8.18. The summed E-state index contributed by atoms with van der Waals surface area (Å²) in [6, 6.07) is 5.81. The van der Waals surface area contributed by atoms with E-state index < -0.39 is 24.4 Å². The zero-order valence-corrected chi connectivity index (χ0v) is 26.6. The Bertz CT molecular complexity index is 1160. The van der Waals surface area contributed by atoms with Crippen LogP contribution in [0.4, 0.5) is 30.7 Å². The van der Waals surface area contributed by atoms with Crippen LogP contribution in [-0.2, 0) is 6.42 Å². The third-order valence-corrected chi connectivity index (χ3v) is 11.6. The monoisotopic (exact) mass is 649 g/mol. The van der Waals surface area contributed by atoms with Crippen LogP contribution in [0.25, 0.3) is 0 Å². The van der Waals surface area contributed by atoms with Gasteiger partial charge in [0.2, 0.25) is 0 Å². The number of halogens is 7. The molecule has 1 aromatic rings. The number of hydrogen-bond donors (Lipinski definition) is 2. The van der Waals surface area contributed by atoms with Crippen molar-refractivity contribution in [1.29, 1.82) is 0 Å². The number of phenols is 1. The normalized spacial score (nSPS) is 30.2. The minimum atomic E-state index is -6.27. The first kappa shape index (κ1) is 36.0. The van der Waals surface area contributed by atoms with E-state index >= 15 is 0 Å². The third kappa shape index (κ3) is 7.07. The second-order valence-corrected chi connectivity index (χ2v) is 14.4. The summed E-state index contributed by atoms with van der Waals surface area (Å²) in [5, 5.41) is 21.3. The van der Waals surface area contributed by atoms with Crippen LogP contribution in [0, 0.1) is 22.7 Å². The Morgan fingerprint density at radius 3 is 2.24 bits per heavy atom. The van der Waals surface area contributed by atoms with E-state index in [1.54, 1.807) is 6.07 Å². The van der Waals surface area contributed by atoms with Crippen LogP contribution >= 0.6 is 0 Å². The van der Waals surface area contributed by atoms with Gasteiger partial charge in [0, 0.05) is 6.42 Å². The molecule has 3 aliphatic rings. The summed E-state index contributed by atoms with van der Waals surface area (Å²) in [7, 11) is 1.97. The molecule has 0 heterocycles. The van der Waals surface area contributed by atoms with Crippen molar-refractivity contribution in [2.45, 2.75) is 127 Å². The number of phenolic OH excluding ortho intramolecular Hbond substituents is 1. The van der Waals surface area contributed by atoms with Gasteiger partial charge < -0.3 is 15.1 Å². The van der Waals surface area contributed by atoms with Gasteiger partial charge >= 0.3 is 18.0 Å². The van der Waals surface area contributed by atoms with E-state index in [1.165, 1.54) is 11.1 Å². The van der Waals surface area contributed by atoms with Gasteiger partial charge in [0.1, 0.15) is 5.75 Å². The van der Waals surface area contributed by atoms with Crippen molar-refractivity contribution in [2.75, 3.05) is 20.1 Å². The molecule has 2 fully saturated rings. The molecule has 2 saturated carbocycles. The van der Waals surface area contributed by atoms with Crippen LogP contribution in [-0.4, -0.2) is 59.4 Å². The molecular formula is C35H50F7NO2. The molecule has 0 bridgehead atoms. The summed E-state index contributed by atoms with van der Waals surface area (Å²) in [5.41, 5.74) is 2.33. The summed E-state index contributed by atoms with van der Waals surface area (Å²) in [4.78, 5) is 2.14. The molecule has 0 unspecified atom stereocenters. The van der Waals surface area contributed by atoms with Crippen molar-refractivity contribution in [3.63, 3.8) is 0 Å². The number of fused-ring (bicyclic) bond motifs is 5. The molecule has 0 aromatic heterocycles. The van der Waals surface area contributed by atoms with Crippen LogP contribution < -0.4 is 0 Å². The van der Waals surface area contributed by atoms with Crippen molar-refractivity contribution in [1.82, 2.24) is 4.90 Å². The molecule has 0 radical (unpaired) electrons. The molecule has 3 nitrogen and oxygen atoms in total. The van der Waals surface area contributed by atoms with Crippen LogP contribution in [0.3, 0.4) is 0 Å². The number of hydrogen-bond acceptors (Lipinski definition) is 3. The third-order valence-electron chi connectivity index (χ3n) is 11.6. The lowest BCUT2D eigenvalue weighted by Gasteiger charge is -2.60. The van der Waals surface area contributed by atoms with Gasteiger partial charge in [0.15, 0.2) is 0 Å². The molecule has 0 amide bonds. The number of alkyl halides is 7. The Morgan fingerprint density at radius 2 is 1.60 bits per heavy atom. The second-order valence-electron chi connectivity index (χ2n) is 14.4. The number of unbranched alkanes of at least 4 members (excludes halogenated alkanes) is 5. The van der Waals surface area contributed by atoms with Gasteiger partial charge in [-0.25, -0.2) is 0 Å². The number of aliphatic hydroxyl groups is 1. The van der Waals surface area contributed by atoms with E-state index in [-0.39, 0.29) is 29.8 Å². The first-order valence-corrected chi connectivity index (χ1v) is 16.6. The van der Waals surface area contributed by atoms with Gasteiger partial charge in [0.25, 0.3) is 0 Å². The highest BCUT2D eigenvalue weighted by molar-refractivity contribution is 5.43. The van der Waals surface area contributed by atoms with E-state index in [9.17, 15) is 40.9 Å². The van der Waals surface area contributed by atoms with Gasteiger partial charge in [-0.05, 0) is 130 Å². The van der Waals surface area contributed by atoms with Gasteiger partial charge in [-0.1, -0.05) is 44.7 Å². The number of allylic oxidation sites excluding steroid dienone is 1. The molecule has 0 saturated heterocycles. The van der Waals surface area contributed by atoms with E-state index in [4.69, 9.17) is 0 Å². The lowest BCUT2D eigenvalue weighted by atomic mass is 9.44. The zero-order valence-electron chi connectivity index (χ0n) is 26.6. The molecule has 0 spiro atoms. The minimum absolute atomic E-state index is 0.0750. The molecule has 1 aromatic carbocycles. The molecular weight excluding hydrogens is 599 g/mol. The second kappa shape index (κ2) is 13.7. The van der Waals surface area contributed by atoms with Gasteiger partial charge in [-0.3, -0.25) is 0 Å². The topological polar surface area (TPSA) is 43.7 Å². The highest BCUT2D eigenvalue weighted by Gasteiger charge is 2.72. The SMILES string of the molecule is C=C[C@@]12CCc3cc(O)ccc3[C@H]1[C@@H](CCCCCN(C)CCCCCCC(F)(F)C(F)(F)C(F)(F)F)C[C@@]1(C)[C@H]2CC[C@@H]1O. The number of rotatable bonds is 15. The van der Waals surface area contributed by atoms with E-state index in [1.807, 2.05) is 13.1 Å². The van der Waals surface area contributed by atoms with Gasteiger partial charge in [-0.2, -0.15) is 30.7 Å². The minimum Gasteiger partial charge on any atom is -0.508 e. The van der Waals surface area contributed by atoms with Crippen LogP contribution in [0.15, 0.2) is 30.9 Å². The molecule has 4 rings (SSSR count). The fourth-order valence-corrected chi connectivity index (χ4v) is 9.22. The maximum absolute atomic E-state index is 13.4. The number of aryl methyl sites for hydroxylation is 1. The summed E-state index contributed by atoms with van der Waals surface area (Å²) in [6.07, 6.45) is 3.82. The Morgan fingerprint density at radius 1 is 0.956 bits per heavy atom. The lowest BCUT2D eigenvalue weighted by molar-refractivity contribution is -0.355. The molecule has 3 aliphatic carbocycles. The van der Waals surface area contributed by atoms with Gasteiger partial charge in [0.05, 0.1) is 6.10 Å². The summed E-state index contributed by atoms with van der Waals surface area (Å²) < 4.78 is 89.8. The van der Waals surface area contributed by atoms with Gasteiger partial charge in [-0.15, -0.1) is 6.58 Å². The van der Waals surface area contributed by atoms with Crippen LogP contribution in [0.1, 0.15) is 107 Å². The maximum atomic E-state index is 13.4. The van der Waals surface area contributed by atoms with Crippen molar-refractivity contribution < 1.29 is 40.9 Å². The predicted octanol–water partition coefficient (Wildman–Crippen LogP) is 9.67. The van der Waals surface area contributed by atoms with Crippen LogP contribution in [0.2, 0.25) is 0 Å². The molecule has 2 N–H and O–H groups in total. The molecule has 6 atom stereocenters. The highest BCUT2D eigenvalue weighted by Crippen LogP contribution is 2.69. The Hall–Kier alpha value is -1.81. The summed E-state index contributed by atoms with van der Waals surface area (Å²) in [5.74, 6) is -9.75. The maximum Gasteiger partial charge on any atom is 0.459 e. The fourth-order valence-electron chi connectivity index (χ4n) is 9.22. The molecule has 256 valence electrons. The molecule has 45 heavy (non-hydrogen) atoms. The summed E-state index contributed by atoms with van der Waals surface area (Å²) >= 11 is 0. The number of benzene rings is 1. The lowest BCUT2D eigenvalue weighted by Crippen LogP contribution is -2.54.